The van der Waals surface area contributed by atoms with Crippen molar-refractivity contribution >= 4 is 130 Å². The molecule has 1 spiro atoms. The fraction of sp³-hybridized carbons (Fsp3) is 0.0949. The molecule has 0 amide bonds. The summed E-state index contributed by atoms with van der Waals surface area (Å²) >= 11 is 0. The molecule has 0 fully saturated rings. The lowest BCUT2D eigenvalue weighted by Crippen LogP contribution is -2.64. The topological polar surface area (TPSA) is 23.9 Å². The summed E-state index contributed by atoms with van der Waals surface area (Å²) in [6.07, 6.45) is 0. The van der Waals surface area contributed by atoms with Gasteiger partial charge in [-0.1, -0.05) is 426 Å². The second kappa shape index (κ2) is 32.0. The van der Waals surface area contributed by atoms with Gasteiger partial charge in [-0.25, -0.2) is 0 Å². The van der Waals surface area contributed by atoms with Gasteiger partial charge in [-0.2, -0.15) is 0 Å². The summed E-state index contributed by atoms with van der Waals surface area (Å²) in [6, 6.07) is 146. The molecular formula is C137H102B2N4O. The van der Waals surface area contributed by atoms with Crippen LogP contribution in [0.3, 0.4) is 0 Å². The fourth-order valence-corrected chi connectivity index (χ4v) is 25.0. The fourth-order valence-electron chi connectivity index (χ4n) is 25.0. The second-order valence-electron chi connectivity index (χ2n) is 42.6. The largest absolute Gasteiger partial charge is 0.458 e. The lowest BCUT2D eigenvalue weighted by Gasteiger charge is -2.47. The van der Waals surface area contributed by atoms with Gasteiger partial charge < -0.3 is 24.0 Å². The molecule has 22 aromatic rings. The number of benzene rings is 21. The smallest absolute Gasteiger partial charge is 0.256 e. The molecule has 4 aliphatic heterocycles. The Morgan fingerprint density at radius 1 is 0.250 bits per heavy atom. The molecule has 0 bridgehead atoms. The van der Waals surface area contributed by atoms with E-state index in [4.69, 9.17) is 4.74 Å². The van der Waals surface area contributed by atoms with Crippen molar-refractivity contribution in [1.29, 1.82) is 0 Å². The first-order valence-corrected chi connectivity index (χ1v) is 50.3. The third-order valence-corrected chi connectivity index (χ3v) is 31.5. The van der Waals surface area contributed by atoms with Crippen molar-refractivity contribution in [3.05, 3.63) is 494 Å². The van der Waals surface area contributed by atoms with E-state index in [9.17, 15) is 11.0 Å². The maximum atomic E-state index is 10.5. The lowest BCUT2D eigenvalue weighted by atomic mass is 9.30. The molecule has 0 unspecified atom stereocenters. The summed E-state index contributed by atoms with van der Waals surface area (Å²) in [5.74, 6) is 1.32. The number of ether oxygens (including phenoxy) is 1. The predicted molar refractivity (Wildman–Crippen MR) is 609 cm³/mol. The molecule has 5 nitrogen and oxygen atoms in total. The summed E-state index contributed by atoms with van der Waals surface area (Å²) in [5, 5.41) is 1.95. The first-order valence-electron chi connectivity index (χ1n) is 54.3. The van der Waals surface area contributed by atoms with Crippen LogP contribution in [0, 0.1) is 0 Å². The van der Waals surface area contributed by atoms with Crippen LogP contribution >= 0.6 is 0 Å². The summed E-state index contributed by atoms with van der Waals surface area (Å²) < 4.78 is 90.1. The number of hydrogen-bond donors (Lipinski definition) is 0. The number of aromatic nitrogens is 1. The zero-order valence-electron chi connectivity index (χ0n) is 89.5. The Hall–Kier alpha value is -17.0. The molecule has 21 aromatic carbocycles. The van der Waals surface area contributed by atoms with Crippen molar-refractivity contribution < 1.29 is 15.7 Å². The number of para-hydroxylation sites is 4. The van der Waals surface area contributed by atoms with E-state index in [1.165, 1.54) is 50.1 Å². The third-order valence-electron chi connectivity index (χ3n) is 31.5. The molecule has 2 aliphatic carbocycles. The maximum Gasteiger partial charge on any atom is 0.256 e. The average molecular weight is 1850 g/mol. The molecule has 144 heavy (non-hydrogen) atoms. The summed E-state index contributed by atoms with van der Waals surface area (Å²) in [4.78, 5) is 7.55. The zero-order chi connectivity index (χ0) is 103. The molecule has 7 heteroatoms. The van der Waals surface area contributed by atoms with Gasteiger partial charge >= 0.3 is 0 Å². The van der Waals surface area contributed by atoms with Crippen LogP contribution < -0.4 is 52.2 Å². The SMILES string of the molecule is [2H]c1c([2H])c([2H])c2c(c1[2H])c1c([2H])c([2H])c([2H])c([2H])c1n2-c1cc2c3c(c1)N(c1c(-c4ccccc4)cc(C(C)(C)C)cc1-c1ccccc1)c1cc4c(cc1B3c1ccccc1N2c1c(-c2ccccc2)cc(C(C)(C)C)cc1-c1ccccc1)B1c2ccccc2N(c2c(-c3ccccc3)cc(C(C)(C)C)cc2-c2ccccc2)c2c1c(cc1cc(-c3cccc5c3C3(c6ccccc6-c6ccccc63)c3ccccc3-5)ccc21)O4. The number of fused-ring (bicyclic) bond motifs is 23. The summed E-state index contributed by atoms with van der Waals surface area (Å²) in [5.41, 5.74) is 39.7. The van der Waals surface area contributed by atoms with Crippen molar-refractivity contribution in [2.75, 3.05) is 14.7 Å². The van der Waals surface area contributed by atoms with Crippen LogP contribution in [-0.2, 0) is 21.7 Å². The Morgan fingerprint density at radius 2 is 0.611 bits per heavy atom. The minimum Gasteiger partial charge on any atom is -0.458 e. The van der Waals surface area contributed by atoms with Crippen molar-refractivity contribution in [3.63, 3.8) is 0 Å². The number of anilines is 9. The van der Waals surface area contributed by atoms with Crippen molar-refractivity contribution in [1.82, 2.24) is 4.57 Å². The maximum absolute atomic E-state index is 10.5. The van der Waals surface area contributed by atoms with E-state index in [1.54, 1.807) is 4.57 Å². The van der Waals surface area contributed by atoms with Crippen LogP contribution in [-0.4, -0.2) is 18.0 Å². The van der Waals surface area contributed by atoms with Gasteiger partial charge in [0.05, 0.1) is 55.9 Å². The summed E-state index contributed by atoms with van der Waals surface area (Å²) in [6.45, 7) is 19.4. The first kappa shape index (κ1) is 76.8. The van der Waals surface area contributed by atoms with E-state index in [2.05, 4.69) is 483 Å². The highest BCUT2D eigenvalue weighted by atomic mass is 16.5. The van der Waals surface area contributed by atoms with E-state index in [-0.39, 0.29) is 32.6 Å². The third kappa shape index (κ3) is 12.7. The molecule has 5 heterocycles. The highest BCUT2D eigenvalue weighted by Gasteiger charge is 2.55. The van der Waals surface area contributed by atoms with Gasteiger partial charge in [0.15, 0.2) is 0 Å². The Morgan fingerprint density at radius 3 is 1.05 bits per heavy atom. The van der Waals surface area contributed by atoms with E-state index in [0.29, 0.717) is 28.6 Å². The molecule has 682 valence electrons. The number of rotatable bonds is 11. The van der Waals surface area contributed by atoms with Crippen molar-refractivity contribution in [2.24, 2.45) is 0 Å². The van der Waals surface area contributed by atoms with Crippen LogP contribution in [0.25, 0.3) is 138 Å². The molecule has 6 aliphatic rings. The standard InChI is InChI=1S/C137H102B2N4O/c1-134(2,3)93-75-105(85-43-16-10-17-44-85)130(106(76-93)86-45-18-11-19-46-86)141-120-69-40-36-65-114(120)138-116-83-117-125(84-122(116)142(124-82-96(81-123(141)128(124)138)140-118-67-38-31-58-102(118)103-59-32-39-68-119(103)140)131-107(87-47-20-12-21-48-87)77-94(135(4,5)6)78-108(131)88-49-22-13-23-50-88)144-126-74-92-73-91(97-60-42-61-104-101-57-30-35-64-113(101)137(127(97)104)111-62-33-28-55-99(111)100-56-29-34-63-112(100)137)71-72-98(92)133-129(126)139(117)115-66-37-41-70-121(115)143(133)132-109(89-51-24-14-25-52-89)79-95(136(7,8)9)80-110(132)90-53-26-15-27-54-90/h10-84H,1-9H3/i31D,32D,38D,39D,58D,59D,67D,68D. The van der Waals surface area contributed by atoms with Gasteiger partial charge in [0.2, 0.25) is 0 Å². The minimum atomic E-state index is -0.669. The minimum absolute atomic E-state index is 0.00492. The average Bonchev–Trinajstić information content (AvgIpc) is 1.45. The molecule has 0 atom stereocenters. The van der Waals surface area contributed by atoms with Gasteiger partial charge in [-0.3, -0.25) is 0 Å². The van der Waals surface area contributed by atoms with Crippen molar-refractivity contribution in [3.8, 4) is 117 Å². The monoisotopic (exact) mass is 1850 g/mol. The van der Waals surface area contributed by atoms with Crippen LogP contribution in [0.2, 0.25) is 0 Å². The zero-order valence-corrected chi connectivity index (χ0v) is 81.5. The Kier molecular flexibility index (Phi) is 17.1. The van der Waals surface area contributed by atoms with E-state index >= 15 is 0 Å². The first-order chi connectivity index (χ1) is 73.7. The Bertz CT molecular complexity index is 9330. The van der Waals surface area contributed by atoms with Gasteiger partial charge in [-0.05, 0) is 245 Å². The number of nitrogens with zero attached hydrogens (tertiary/aromatic N) is 4. The van der Waals surface area contributed by atoms with Gasteiger partial charge in [-0.15, -0.1) is 0 Å². The summed E-state index contributed by atoms with van der Waals surface area (Å²) in [7, 11) is 0. The normalized spacial score (nSPS) is 14.4. The van der Waals surface area contributed by atoms with Crippen LogP contribution in [0.4, 0.5) is 51.2 Å². The van der Waals surface area contributed by atoms with Crippen molar-refractivity contribution in [2.45, 2.75) is 84.0 Å². The Balaban J connectivity index is 0.793. The lowest BCUT2D eigenvalue weighted by molar-refractivity contribution is 0.488. The second-order valence-corrected chi connectivity index (χ2v) is 42.6. The van der Waals surface area contributed by atoms with Gasteiger partial charge in [0.25, 0.3) is 13.4 Å². The Labute approximate surface area is 854 Å². The van der Waals surface area contributed by atoms with Crippen LogP contribution in [0.5, 0.6) is 11.5 Å². The quantitative estimate of drug-likeness (QED) is 0.120. The molecular weight excluding hydrogens is 1740 g/mol. The molecule has 0 saturated heterocycles. The number of hydrogen-bond acceptors (Lipinski definition) is 4. The highest BCUT2D eigenvalue weighted by Crippen LogP contribution is 2.66. The van der Waals surface area contributed by atoms with E-state index in [0.717, 1.165) is 172 Å². The predicted octanol–water partition coefficient (Wildman–Crippen LogP) is 32.3. The van der Waals surface area contributed by atoms with Crippen LogP contribution in [0.1, 0.15) is 112 Å². The molecule has 28 rings (SSSR count). The van der Waals surface area contributed by atoms with E-state index < -0.39 is 72.6 Å². The van der Waals surface area contributed by atoms with Gasteiger partial charge in [0.1, 0.15) is 11.5 Å². The molecule has 0 radical (unpaired) electrons. The van der Waals surface area contributed by atoms with Gasteiger partial charge in [0, 0.05) is 84.0 Å². The molecule has 0 saturated carbocycles. The highest BCUT2D eigenvalue weighted by molar-refractivity contribution is 7.03. The molecule has 0 N–H and O–H groups in total. The molecule has 1 aromatic heterocycles. The van der Waals surface area contributed by atoms with E-state index in [1.807, 2.05) is 0 Å². The van der Waals surface area contributed by atoms with Crippen LogP contribution in [0.15, 0.2) is 455 Å².